The van der Waals surface area contributed by atoms with E-state index in [0.717, 1.165) is 34.2 Å². The number of hydrogen-bond acceptors (Lipinski definition) is 7. The van der Waals surface area contributed by atoms with Gasteiger partial charge in [0, 0.05) is 24.7 Å². The van der Waals surface area contributed by atoms with Crippen molar-refractivity contribution in [1.29, 1.82) is 0 Å². The summed E-state index contributed by atoms with van der Waals surface area (Å²) in [4.78, 5) is 53.2. The van der Waals surface area contributed by atoms with E-state index in [1.807, 2.05) is 25.1 Å². The molecule has 3 amide bonds. The Balaban J connectivity index is 1.29. The van der Waals surface area contributed by atoms with Gasteiger partial charge in [-0.05, 0) is 66.1 Å². The van der Waals surface area contributed by atoms with Gasteiger partial charge in [-0.15, -0.1) is 0 Å². The average Bonchev–Trinajstić information content (AvgIpc) is 3.48. The molecule has 188 valence electrons. The molecule has 2 aliphatic rings. The van der Waals surface area contributed by atoms with E-state index in [0.29, 0.717) is 35.7 Å². The molecule has 1 saturated heterocycles. The molecular weight excluding hydrogens is 492 g/mol. The first kappa shape index (κ1) is 24.6. The number of carbonyl (C=O) groups excluding carboxylic acids is 4. The molecule has 1 fully saturated rings. The Morgan fingerprint density at radius 3 is 2.65 bits per heavy atom. The summed E-state index contributed by atoms with van der Waals surface area (Å²) in [6.45, 7) is 2.61. The Morgan fingerprint density at radius 1 is 1.08 bits per heavy atom. The number of thioether (sulfide) groups is 1. The Labute approximate surface area is 217 Å². The van der Waals surface area contributed by atoms with Crippen LogP contribution in [-0.2, 0) is 27.3 Å². The number of aryl methyl sites for hydroxylation is 1. The molecule has 3 heterocycles. The molecule has 0 radical (unpaired) electrons. The van der Waals surface area contributed by atoms with Gasteiger partial charge < -0.3 is 14.1 Å². The molecule has 3 aromatic rings. The maximum Gasteiger partial charge on any atom is 0.337 e. The quantitative estimate of drug-likeness (QED) is 0.359. The fourth-order valence-electron chi connectivity index (χ4n) is 4.42. The third-order valence-corrected chi connectivity index (χ3v) is 7.38. The highest BCUT2D eigenvalue weighted by molar-refractivity contribution is 8.18. The largest absolute Gasteiger partial charge is 0.465 e. The molecule has 8 nitrogen and oxygen atoms in total. The number of amides is 3. The maximum absolute atomic E-state index is 13.0. The standard InChI is InChI=1S/C28H24N2O6S/c1-17-7-8-19(27(33)35-2)13-22(17)23-10-9-21(36-23)14-24-26(32)30(28(34)37-24)16-25(31)29-12-11-18-5-3-4-6-20(18)15-29/h3-10,13-14H,11-12,15-16H2,1-2H3/b24-14-. The fourth-order valence-corrected chi connectivity index (χ4v) is 5.24. The molecule has 0 N–H and O–H groups in total. The lowest BCUT2D eigenvalue weighted by molar-refractivity contribution is -0.136. The number of ether oxygens (including phenoxy) is 1. The minimum atomic E-state index is -0.525. The molecule has 0 spiro atoms. The van der Waals surface area contributed by atoms with Crippen molar-refractivity contribution >= 4 is 40.9 Å². The Kier molecular flexibility index (Phi) is 6.71. The lowest BCUT2D eigenvalue weighted by Gasteiger charge is -2.29. The number of furan rings is 1. The van der Waals surface area contributed by atoms with Crippen molar-refractivity contribution in [1.82, 2.24) is 9.80 Å². The Bertz CT molecular complexity index is 1460. The number of methoxy groups -OCH3 is 1. The van der Waals surface area contributed by atoms with E-state index in [4.69, 9.17) is 9.15 Å². The van der Waals surface area contributed by atoms with Gasteiger partial charge in [0.2, 0.25) is 5.91 Å². The first-order valence-electron chi connectivity index (χ1n) is 11.7. The molecular formula is C28H24N2O6S. The smallest absolute Gasteiger partial charge is 0.337 e. The van der Waals surface area contributed by atoms with Crippen molar-refractivity contribution in [2.75, 3.05) is 20.2 Å². The summed E-state index contributed by atoms with van der Waals surface area (Å²) in [5.74, 6) is -0.358. The summed E-state index contributed by atoms with van der Waals surface area (Å²) in [7, 11) is 1.32. The first-order chi connectivity index (χ1) is 17.8. The van der Waals surface area contributed by atoms with Crippen LogP contribution in [0.15, 0.2) is 63.9 Å². The zero-order valence-corrected chi connectivity index (χ0v) is 21.2. The van der Waals surface area contributed by atoms with Crippen LogP contribution in [0, 0.1) is 6.92 Å². The third kappa shape index (κ3) is 4.95. The molecule has 0 saturated carbocycles. The van der Waals surface area contributed by atoms with Crippen LogP contribution in [0.25, 0.3) is 17.4 Å². The summed E-state index contributed by atoms with van der Waals surface area (Å²) < 4.78 is 10.7. The van der Waals surface area contributed by atoms with Crippen LogP contribution in [0.1, 0.15) is 32.8 Å². The molecule has 0 unspecified atom stereocenters. The van der Waals surface area contributed by atoms with Crippen LogP contribution < -0.4 is 0 Å². The fraction of sp³-hybridized carbons (Fsp3) is 0.214. The highest BCUT2D eigenvalue weighted by atomic mass is 32.2. The van der Waals surface area contributed by atoms with Gasteiger partial charge in [-0.25, -0.2) is 4.79 Å². The van der Waals surface area contributed by atoms with E-state index < -0.39 is 17.1 Å². The van der Waals surface area contributed by atoms with Crippen LogP contribution in [-0.4, -0.2) is 53.0 Å². The monoisotopic (exact) mass is 516 g/mol. The van der Waals surface area contributed by atoms with Gasteiger partial charge in [0.1, 0.15) is 18.1 Å². The number of esters is 1. The summed E-state index contributed by atoms with van der Waals surface area (Å²) in [5.41, 5.74) is 4.30. The summed E-state index contributed by atoms with van der Waals surface area (Å²) in [6.07, 6.45) is 2.24. The number of hydrogen-bond donors (Lipinski definition) is 0. The Hall–Kier alpha value is -4.11. The zero-order valence-electron chi connectivity index (χ0n) is 20.4. The third-order valence-electron chi connectivity index (χ3n) is 6.47. The van der Waals surface area contributed by atoms with Gasteiger partial charge in [-0.1, -0.05) is 30.3 Å². The predicted molar refractivity (Wildman–Crippen MR) is 138 cm³/mol. The van der Waals surface area contributed by atoms with Gasteiger partial charge in [0.15, 0.2) is 0 Å². The highest BCUT2D eigenvalue weighted by Crippen LogP contribution is 2.34. The number of benzene rings is 2. The molecule has 0 bridgehead atoms. The summed E-state index contributed by atoms with van der Waals surface area (Å²) >= 11 is 0.778. The van der Waals surface area contributed by atoms with Crippen LogP contribution >= 0.6 is 11.8 Å². The minimum absolute atomic E-state index is 0.183. The van der Waals surface area contributed by atoms with Crippen molar-refractivity contribution < 1.29 is 28.3 Å². The second kappa shape index (κ2) is 10.1. The van der Waals surface area contributed by atoms with Crippen molar-refractivity contribution in [3.8, 4) is 11.3 Å². The number of nitrogens with zero attached hydrogens (tertiary/aromatic N) is 2. The SMILES string of the molecule is COC(=O)c1ccc(C)c(-c2ccc(/C=C3\SC(=O)N(CC(=O)N4CCc5ccccc5C4)C3=O)o2)c1. The van der Waals surface area contributed by atoms with Gasteiger partial charge in [0.25, 0.3) is 11.1 Å². The van der Waals surface area contributed by atoms with Gasteiger partial charge in [-0.2, -0.15) is 0 Å². The van der Waals surface area contributed by atoms with E-state index in [1.54, 1.807) is 35.2 Å². The topological polar surface area (TPSA) is 97.1 Å². The highest BCUT2D eigenvalue weighted by Gasteiger charge is 2.37. The van der Waals surface area contributed by atoms with Gasteiger partial charge >= 0.3 is 5.97 Å². The van der Waals surface area contributed by atoms with E-state index in [2.05, 4.69) is 6.07 Å². The maximum atomic E-state index is 13.0. The molecule has 2 aromatic carbocycles. The number of carbonyl (C=O) groups is 4. The van der Waals surface area contributed by atoms with Crippen LogP contribution in [0.2, 0.25) is 0 Å². The Morgan fingerprint density at radius 2 is 1.86 bits per heavy atom. The van der Waals surface area contributed by atoms with E-state index in [-0.39, 0.29) is 17.4 Å². The van der Waals surface area contributed by atoms with Crippen molar-refractivity contribution in [2.24, 2.45) is 0 Å². The zero-order chi connectivity index (χ0) is 26.1. The lowest BCUT2D eigenvalue weighted by Crippen LogP contribution is -2.44. The number of imide groups is 1. The van der Waals surface area contributed by atoms with Crippen molar-refractivity contribution in [3.05, 3.63) is 87.5 Å². The van der Waals surface area contributed by atoms with Crippen LogP contribution in [0.3, 0.4) is 0 Å². The summed E-state index contributed by atoms with van der Waals surface area (Å²) in [5, 5.41) is -0.490. The van der Waals surface area contributed by atoms with E-state index in [1.165, 1.54) is 18.7 Å². The molecule has 2 aliphatic heterocycles. The van der Waals surface area contributed by atoms with Crippen molar-refractivity contribution in [2.45, 2.75) is 19.9 Å². The molecule has 5 rings (SSSR count). The predicted octanol–water partition coefficient (Wildman–Crippen LogP) is 4.66. The summed E-state index contributed by atoms with van der Waals surface area (Å²) in [6, 6.07) is 16.5. The van der Waals surface area contributed by atoms with Crippen LogP contribution in [0.4, 0.5) is 4.79 Å². The first-order valence-corrected chi connectivity index (χ1v) is 12.5. The molecule has 0 atom stereocenters. The normalized spacial score (nSPS) is 16.3. The lowest BCUT2D eigenvalue weighted by atomic mass is 10.00. The second-order valence-electron chi connectivity index (χ2n) is 8.83. The average molecular weight is 517 g/mol. The number of rotatable bonds is 5. The van der Waals surface area contributed by atoms with E-state index >= 15 is 0 Å². The molecule has 0 aliphatic carbocycles. The van der Waals surface area contributed by atoms with Crippen molar-refractivity contribution in [3.63, 3.8) is 0 Å². The molecule has 37 heavy (non-hydrogen) atoms. The molecule has 1 aromatic heterocycles. The van der Waals surface area contributed by atoms with Gasteiger partial charge in [0.05, 0.1) is 17.6 Å². The second-order valence-corrected chi connectivity index (χ2v) is 9.82. The minimum Gasteiger partial charge on any atom is -0.465 e. The van der Waals surface area contributed by atoms with E-state index in [9.17, 15) is 19.2 Å². The van der Waals surface area contributed by atoms with Gasteiger partial charge in [-0.3, -0.25) is 19.3 Å². The van der Waals surface area contributed by atoms with Crippen LogP contribution in [0.5, 0.6) is 0 Å². The molecule has 9 heteroatoms. The number of fused-ring (bicyclic) bond motifs is 1.